The first-order valence-corrected chi connectivity index (χ1v) is 8.32. The number of benzene rings is 1. The Morgan fingerprint density at radius 2 is 2.09 bits per heavy atom. The Labute approximate surface area is 134 Å². The van der Waals surface area contributed by atoms with E-state index in [9.17, 15) is 14.0 Å². The quantitative estimate of drug-likeness (QED) is 0.716. The maximum atomic E-state index is 13.4. The monoisotopic (exact) mass is 328 g/mol. The lowest BCUT2D eigenvalue weighted by atomic mass is 10.1. The zero-order valence-electron chi connectivity index (χ0n) is 12.7. The van der Waals surface area contributed by atoms with Crippen LogP contribution in [0, 0.1) is 5.82 Å². The number of esters is 1. The molecule has 2 amide bonds. The van der Waals surface area contributed by atoms with Crippen LogP contribution in [0.4, 0.5) is 9.18 Å². The molecule has 2 N–H and O–H groups in total. The summed E-state index contributed by atoms with van der Waals surface area (Å²) >= 11 is 1.58. The molecular weight excluding hydrogens is 307 g/mol. The minimum Gasteiger partial charge on any atom is -0.467 e. The fraction of sp³-hybridized carbons (Fsp3) is 0.467. The van der Waals surface area contributed by atoms with Crippen molar-refractivity contribution < 1.29 is 18.7 Å². The summed E-state index contributed by atoms with van der Waals surface area (Å²) in [5.41, 5.74) is 0.537. The molecule has 0 saturated carbocycles. The van der Waals surface area contributed by atoms with Crippen LogP contribution in [0.25, 0.3) is 0 Å². The number of nitrogens with one attached hydrogen (secondary N) is 2. The third kappa shape index (κ3) is 6.34. The third-order valence-corrected chi connectivity index (χ3v) is 3.68. The molecule has 1 aromatic carbocycles. The molecule has 0 saturated heterocycles. The number of methoxy groups -OCH3 is 1. The number of thioether (sulfide) groups is 1. The average Bonchev–Trinajstić information content (AvgIpc) is 2.52. The molecule has 1 aromatic rings. The number of halogens is 1. The molecule has 0 bridgehead atoms. The number of hydrogen-bond donors (Lipinski definition) is 2. The summed E-state index contributed by atoms with van der Waals surface area (Å²) in [6.45, 7) is 0.281. The fourth-order valence-corrected chi connectivity index (χ4v) is 2.32. The van der Waals surface area contributed by atoms with E-state index in [1.165, 1.54) is 13.2 Å². The Bertz CT molecular complexity index is 499. The molecule has 7 heteroatoms. The van der Waals surface area contributed by atoms with Gasteiger partial charge in [-0.05, 0) is 36.5 Å². The molecular formula is C15H21FN2O3S. The zero-order valence-corrected chi connectivity index (χ0v) is 13.5. The highest BCUT2D eigenvalue weighted by atomic mass is 32.2. The Balaban J connectivity index is 2.40. The molecule has 22 heavy (non-hydrogen) atoms. The summed E-state index contributed by atoms with van der Waals surface area (Å²) in [4.78, 5) is 23.4. The van der Waals surface area contributed by atoms with Crippen molar-refractivity contribution in [2.75, 3.05) is 25.7 Å². The molecule has 5 nitrogen and oxygen atoms in total. The Morgan fingerprint density at radius 1 is 1.36 bits per heavy atom. The lowest BCUT2D eigenvalue weighted by Gasteiger charge is -2.16. The van der Waals surface area contributed by atoms with Crippen LogP contribution in [0.3, 0.4) is 0 Å². The molecule has 0 fully saturated rings. The topological polar surface area (TPSA) is 67.4 Å². The zero-order chi connectivity index (χ0) is 16.4. The van der Waals surface area contributed by atoms with Gasteiger partial charge in [0.25, 0.3) is 0 Å². The maximum absolute atomic E-state index is 13.4. The summed E-state index contributed by atoms with van der Waals surface area (Å²) in [5, 5.41) is 5.18. The minimum absolute atomic E-state index is 0.281. The molecule has 0 unspecified atom stereocenters. The van der Waals surface area contributed by atoms with E-state index in [0.717, 1.165) is 5.75 Å². The van der Waals surface area contributed by atoms with Gasteiger partial charge in [0.2, 0.25) is 0 Å². The highest BCUT2D eigenvalue weighted by molar-refractivity contribution is 7.98. The number of carbonyl (C=O) groups excluding carboxylic acids is 2. The van der Waals surface area contributed by atoms with Gasteiger partial charge < -0.3 is 15.4 Å². The number of rotatable bonds is 8. The van der Waals surface area contributed by atoms with E-state index >= 15 is 0 Å². The van der Waals surface area contributed by atoms with Crippen molar-refractivity contribution in [2.24, 2.45) is 0 Å². The van der Waals surface area contributed by atoms with Crippen LogP contribution >= 0.6 is 11.8 Å². The SMILES string of the molecule is COC(=O)[C@H](CCSC)NC(=O)NCCc1ccccc1F. The second-order valence-electron chi connectivity index (χ2n) is 4.60. The molecule has 0 aliphatic heterocycles. The summed E-state index contributed by atoms with van der Waals surface area (Å²) in [7, 11) is 1.28. The molecule has 0 heterocycles. The van der Waals surface area contributed by atoms with E-state index in [4.69, 9.17) is 0 Å². The second kappa shape index (κ2) is 10.0. The van der Waals surface area contributed by atoms with E-state index in [-0.39, 0.29) is 12.4 Å². The first kappa shape index (κ1) is 18.3. The van der Waals surface area contributed by atoms with Gasteiger partial charge in [-0.2, -0.15) is 11.8 Å². The molecule has 0 radical (unpaired) electrons. The number of amides is 2. The van der Waals surface area contributed by atoms with E-state index in [1.54, 1.807) is 30.0 Å². The summed E-state index contributed by atoms with van der Waals surface area (Å²) < 4.78 is 18.1. The van der Waals surface area contributed by atoms with E-state index in [2.05, 4.69) is 15.4 Å². The van der Waals surface area contributed by atoms with Crippen LogP contribution in [0.5, 0.6) is 0 Å². The lowest BCUT2D eigenvalue weighted by Crippen LogP contribution is -2.47. The Morgan fingerprint density at radius 3 is 2.73 bits per heavy atom. The van der Waals surface area contributed by atoms with Crippen molar-refractivity contribution in [2.45, 2.75) is 18.9 Å². The number of ether oxygens (including phenoxy) is 1. The van der Waals surface area contributed by atoms with Crippen molar-refractivity contribution in [3.05, 3.63) is 35.6 Å². The van der Waals surface area contributed by atoms with E-state index < -0.39 is 18.0 Å². The standard InChI is InChI=1S/C15H21FN2O3S/c1-21-14(19)13(8-10-22-2)18-15(20)17-9-7-11-5-3-4-6-12(11)16/h3-6,13H,7-10H2,1-2H3,(H2,17,18,20)/t13-/m0/s1. The molecule has 0 aliphatic carbocycles. The van der Waals surface area contributed by atoms with Crippen LogP contribution in [-0.2, 0) is 16.0 Å². The van der Waals surface area contributed by atoms with Gasteiger partial charge in [0.15, 0.2) is 0 Å². The smallest absolute Gasteiger partial charge is 0.328 e. The molecule has 1 atom stereocenters. The molecule has 0 aliphatic rings. The molecule has 122 valence electrons. The predicted octanol–water partition coefficient (Wildman–Crippen LogP) is 1.96. The van der Waals surface area contributed by atoms with Crippen LogP contribution < -0.4 is 10.6 Å². The maximum Gasteiger partial charge on any atom is 0.328 e. The number of hydrogen-bond acceptors (Lipinski definition) is 4. The van der Waals surface area contributed by atoms with Crippen molar-refractivity contribution >= 4 is 23.8 Å². The molecule has 0 aromatic heterocycles. The lowest BCUT2D eigenvalue weighted by molar-refractivity contribution is -0.142. The van der Waals surface area contributed by atoms with Crippen molar-refractivity contribution in [3.63, 3.8) is 0 Å². The Kier molecular flexibility index (Phi) is 8.35. The fourth-order valence-electron chi connectivity index (χ4n) is 1.85. The highest BCUT2D eigenvalue weighted by Crippen LogP contribution is 2.06. The summed E-state index contributed by atoms with van der Waals surface area (Å²) in [6.07, 6.45) is 2.80. The highest BCUT2D eigenvalue weighted by Gasteiger charge is 2.20. The van der Waals surface area contributed by atoms with Crippen LogP contribution in [0.1, 0.15) is 12.0 Å². The minimum atomic E-state index is -0.675. The largest absolute Gasteiger partial charge is 0.467 e. The normalized spacial score (nSPS) is 11.6. The second-order valence-corrected chi connectivity index (χ2v) is 5.58. The summed E-state index contributed by atoms with van der Waals surface area (Å²) in [5.74, 6) is -0.0367. The van der Waals surface area contributed by atoms with Gasteiger partial charge in [0, 0.05) is 6.54 Å². The van der Waals surface area contributed by atoms with Gasteiger partial charge in [0.05, 0.1) is 7.11 Å². The van der Waals surface area contributed by atoms with Crippen molar-refractivity contribution in [3.8, 4) is 0 Å². The van der Waals surface area contributed by atoms with Gasteiger partial charge in [-0.15, -0.1) is 0 Å². The molecule has 0 spiro atoms. The van der Waals surface area contributed by atoms with Crippen LogP contribution in [0.15, 0.2) is 24.3 Å². The van der Waals surface area contributed by atoms with Gasteiger partial charge in [-0.1, -0.05) is 18.2 Å². The molecule has 1 rings (SSSR count). The van der Waals surface area contributed by atoms with Gasteiger partial charge >= 0.3 is 12.0 Å². The van der Waals surface area contributed by atoms with Crippen molar-refractivity contribution in [1.29, 1.82) is 0 Å². The van der Waals surface area contributed by atoms with Crippen LogP contribution in [-0.4, -0.2) is 43.7 Å². The van der Waals surface area contributed by atoms with Crippen molar-refractivity contribution in [1.82, 2.24) is 10.6 Å². The Hall–Kier alpha value is -1.76. The van der Waals surface area contributed by atoms with Gasteiger partial charge in [0.1, 0.15) is 11.9 Å². The van der Waals surface area contributed by atoms with Gasteiger partial charge in [-0.25, -0.2) is 14.0 Å². The first-order valence-electron chi connectivity index (χ1n) is 6.93. The summed E-state index contributed by atoms with van der Waals surface area (Å²) in [6, 6.07) is 5.27. The van der Waals surface area contributed by atoms with E-state index in [0.29, 0.717) is 18.4 Å². The average molecular weight is 328 g/mol. The third-order valence-electron chi connectivity index (χ3n) is 3.04. The number of carbonyl (C=O) groups is 2. The number of urea groups is 1. The first-order chi connectivity index (χ1) is 10.6. The van der Waals surface area contributed by atoms with Gasteiger partial charge in [-0.3, -0.25) is 0 Å². The van der Waals surface area contributed by atoms with Crippen LogP contribution in [0.2, 0.25) is 0 Å². The van der Waals surface area contributed by atoms with E-state index in [1.807, 2.05) is 6.26 Å². The predicted molar refractivity (Wildman–Crippen MR) is 85.4 cm³/mol.